The number of rotatable bonds is 7. The van der Waals surface area contributed by atoms with Gasteiger partial charge in [-0.25, -0.2) is 4.79 Å². The van der Waals surface area contributed by atoms with Crippen LogP contribution in [0.4, 0.5) is 0 Å². The molecule has 0 bridgehead atoms. The largest absolute Gasteiger partial charge is 0.478 e. The zero-order valence-corrected chi connectivity index (χ0v) is 13.3. The Morgan fingerprint density at radius 2 is 1.83 bits per heavy atom. The molecule has 2 aromatic rings. The van der Waals surface area contributed by atoms with Gasteiger partial charge >= 0.3 is 5.97 Å². The topological polar surface area (TPSA) is 55.8 Å². The molecule has 4 nitrogen and oxygen atoms in total. The molecule has 0 radical (unpaired) electrons. The van der Waals surface area contributed by atoms with Crippen molar-refractivity contribution in [3.8, 4) is 11.5 Å². The predicted octanol–water partition coefficient (Wildman–Crippen LogP) is 4.41. The van der Waals surface area contributed by atoms with Crippen LogP contribution >= 0.6 is 0 Å². The average Bonchev–Trinajstić information content (AvgIpc) is 2.54. The summed E-state index contributed by atoms with van der Waals surface area (Å²) in [6.07, 6.45) is 4.92. The first kappa shape index (κ1) is 16.3. The quantitative estimate of drug-likeness (QED) is 0.766. The summed E-state index contributed by atoms with van der Waals surface area (Å²) in [7, 11) is 0. The van der Waals surface area contributed by atoms with Crippen LogP contribution in [0, 0.1) is 5.92 Å². The molecule has 24 heavy (non-hydrogen) atoms. The van der Waals surface area contributed by atoms with Gasteiger partial charge in [-0.2, -0.15) is 0 Å². The minimum absolute atomic E-state index is 0.201. The molecular weight excluding hydrogens is 304 g/mol. The van der Waals surface area contributed by atoms with E-state index in [1.165, 1.54) is 6.08 Å². The van der Waals surface area contributed by atoms with Gasteiger partial charge in [0, 0.05) is 6.08 Å². The molecule has 3 rings (SSSR count). The van der Waals surface area contributed by atoms with Crippen LogP contribution in [0.3, 0.4) is 0 Å². The maximum absolute atomic E-state index is 10.5. The fraction of sp³-hybridized carbons (Fsp3) is 0.250. The van der Waals surface area contributed by atoms with Gasteiger partial charge in [-0.1, -0.05) is 36.4 Å². The van der Waals surface area contributed by atoms with Crippen molar-refractivity contribution >= 4 is 5.97 Å². The number of carboxylic acid groups (broad SMARTS) is 1. The van der Waals surface area contributed by atoms with Crippen LogP contribution < -0.4 is 4.74 Å². The van der Waals surface area contributed by atoms with Crippen molar-refractivity contribution in [2.24, 2.45) is 5.92 Å². The molecule has 0 amide bonds. The Morgan fingerprint density at radius 3 is 2.58 bits per heavy atom. The van der Waals surface area contributed by atoms with Crippen LogP contribution in [-0.4, -0.2) is 17.2 Å². The van der Waals surface area contributed by atoms with Gasteiger partial charge in [-0.3, -0.25) is 0 Å². The third-order valence-corrected chi connectivity index (χ3v) is 4.01. The molecule has 0 unspecified atom stereocenters. The van der Waals surface area contributed by atoms with Crippen molar-refractivity contribution in [3.05, 3.63) is 72.3 Å². The monoisotopic (exact) mass is 324 g/mol. The molecule has 1 N–H and O–H groups in total. The predicted molar refractivity (Wildman–Crippen MR) is 91.0 cm³/mol. The summed E-state index contributed by atoms with van der Waals surface area (Å²) in [5, 5.41) is 8.60. The van der Waals surface area contributed by atoms with E-state index in [0.717, 1.165) is 29.9 Å². The summed E-state index contributed by atoms with van der Waals surface area (Å²) in [6, 6.07) is 17.5. The first-order valence-corrected chi connectivity index (χ1v) is 8.03. The van der Waals surface area contributed by atoms with Crippen molar-refractivity contribution < 1.29 is 19.4 Å². The second kappa shape index (κ2) is 7.79. The summed E-state index contributed by atoms with van der Waals surface area (Å²) in [6.45, 7) is 0.534. The standard InChI is InChI=1S/C20H20O4/c21-20(22)10-9-15-11-19(12-15)23-14-16-5-4-8-18(13-16)24-17-6-2-1-3-7-17/h1-10,13,15,19H,11-12,14H2,(H,21,22)/b10-9+. The van der Waals surface area contributed by atoms with E-state index in [-0.39, 0.29) is 6.10 Å². The molecule has 2 aromatic carbocycles. The van der Waals surface area contributed by atoms with Gasteiger partial charge in [0.25, 0.3) is 0 Å². The molecule has 4 heteroatoms. The average molecular weight is 324 g/mol. The molecule has 0 spiro atoms. The van der Waals surface area contributed by atoms with Gasteiger partial charge < -0.3 is 14.6 Å². The number of carbonyl (C=O) groups is 1. The Hall–Kier alpha value is -2.59. The van der Waals surface area contributed by atoms with Crippen molar-refractivity contribution in [3.63, 3.8) is 0 Å². The van der Waals surface area contributed by atoms with Gasteiger partial charge in [0.2, 0.25) is 0 Å². The smallest absolute Gasteiger partial charge is 0.327 e. The number of hydrogen-bond donors (Lipinski definition) is 1. The lowest BCUT2D eigenvalue weighted by Crippen LogP contribution is -2.30. The number of allylic oxidation sites excluding steroid dienone is 1. The van der Waals surface area contributed by atoms with Crippen LogP contribution in [-0.2, 0) is 16.1 Å². The maximum atomic E-state index is 10.5. The Kier molecular flexibility index (Phi) is 5.29. The van der Waals surface area contributed by atoms with Gasteiger partial charge in [-0.05, 0) is 48.6 Å². The maximum Gasteiger partial charge on any atom is 0.327 e. The fourth-order valence-corrected chi connectivity index (χ4v) is 2.66. The number of benzene rings is 2. The zero-order chi connectivity index (χ0) is 16.8. The van der Waals surface area contributed by atoms with Crippen LogP contribution in [0.15, 0.2) is 66.7 Å². The molecule has 1 saturated carbocycles. The van der Waals surface area contributed by atoms with E-state index < -0.39 is 5.97 Å². The third kappa shape index (κ3) is 4.70. The molecule has 1 fully saturated rings. The summed E-state index contributed by atoms with van der Waals surface area (Å²) in [5.41, 5.74) is 1.06. The van der Waals surface area contributed by atoms with E-state index in [1.54, 1.807) is 6.08 Å². The normalized spacial score (nSPS) is 19.8. The van der Waals surface area contributed by atoms with Gasteiger partial charge in [-0.15, -0.1) is 0 Å². The van der Waals surface area contributed by atoms with Crippen LogP contribution in [0.1, 0.15) is 18.4 Å². The molecule has 0 aliphatic heterocycles. The minimum Gasteiger partial charge on any atom is -0.478 e. The molecular formula is C20H20O4. The van der Waals surface area contributed by atoms with Crippen molar-refractivity contribution in [2.45, 2.75) is 25.6 Å². The lowest BCUT2D eigenvalue weighted by molar-refractivity contribution is -0.131. The molecule has 0 aromatic heterocycles. The van der Waals surface area contributed by atoms with E-state index in [1.807, 2.05) is 54.6 Å². The van der Waals surface area contributed by atoms with E-state index in [9.17, 15) is 4.79 Å². The lowest BCUT2D eigenvalue weighted by atomic mass is 9.82. The van der Waals surface area contributed by atoms with Gasteiger partial charge in [0.05, 0.1) is 12.7 Å². The fourth-order valence-electron chi connectivity index (χ4n) is 2.66. The highest BCUT2D eigenvalue weighted by molar-refractivity contribution is 5.79. The lowest BCUT2D eigenvalue weighted by Gasteiger charge is -2.33. The van der Waals surface area contributed by atoms with Gasteiger partial charge in [0.1, 0.15) is 11.5 Å². The zero-order valence-electron chi connectivity index (χ0n) is 13.3. The van der Waals surface area contributed by atoms with Crippen molar-refractivity contribution in [1.82, 2.24) is 0 Å². The Morgan fingerprint density at radius 1 is 1.08 bits per heavy atom. The number of para-hydroxylation sites is 1. The second-order valence-electron chi connectivity index (χ2n) is 5.92. The van der Waals surface area contributed by atoms with Crippen molar-refractivity contribution in [2.75, 3.05) is 0 Å². The van der Waals surface area contributed by atoms with Crippen LogP contribution in [0.2, 0.25) is 0 Å². The third-order valence-electron chi connectivity index (χ3n) is 4.01. The molecule has 0 heterocycles. The summed E-state index contributed by atoms with van der Waals surface area (Å²) in [5.74, 6) is 1.02. The Bertz CT molecular complexity index is 703. The molecule has 1 aliphatic rings. The van der Waals surface area contributed by atoms with Crippen LogP contribution in [0.5, 0.6) is 11.5 Å². The highest BCUT2D eigenvalue weighted by atomic mass is 16.5. The van der Waals surface area contributed by atoms with E-state index in [4.69, 9.17) is 14.6 Å². The second-order valence-corrected chi connectivity index (χ2v) is 5.92. The SMILES string of the molecule is O=C(O)/C=C/C1CC(OCc2cccc(Oc3ccccc3)c2)C1. The van der Waals surface area contributed by atoms with Crippen molar-refractivity contribution in [1.29, 1.82) is 0 Å². The highest BCUT2D eigenvalue weighted by Crippen LogP contribution is 2.32. The Balaban J connectivity index is 1.47. The molecule has 1 aliphatic carbocycles. The number of carboxylic acids is 1. The summed E-state index contributed by atoms with van der Waals surface area (Å²) >= 11 is 0. The molecule has 0 saturated heterocycles. The van der Waals surface area contributed by atoms with Gasteiger partial charge in [0.15, 0.2) is 0 Å². The summed E-state index contributed by atoms with van der Waals surface area (Å²) in [4.78, 5) is 10.5. The first-order valence-electron chi connectivity index (χ1n) is 8.03. The minimum atomic E-state index is -0.894. The van der Waals surface area contributed by atoms with E-state index >= 15 is 0 Å². The number of aliphatic carboxylic acids is 1. The van der Waals surface area contributed by atoms with Crippen LogP contribution in [0.25, 0.3) is 0 Å². The Labute approximate surface area is 141 Å². The highest BCUT2D eigenvalue weighted by Gasteiger charge is 2.27. The van der Waals surface area contributed by atoms with E-state index in [2.05, 4.69) is 0 Å². The number of ether oxygens (including phenoxy) is 2. The number of hydrogen-bond acceptors (Lipinski definition) is 3. The van der Waals surface area contributed by atoms with E-state index in [0.29, 0.717) is 12.5 Å². The molecule has 0 atom stereocenters. The first-order chi connectivity index (χ1) is 11.7. The molecule has 124 valence electrons. The summed E-state index contributed by atoms with van der Waals surface area (Å²) < 4.78 is 11.7.